The quantitative estimate of drug-likeness (QED) is 0.251. The molecule has 0 saturated heterocycles. The highest BCUT2D eigenvalue weighted by atomic mass is 31.2. The normalized spacial score (nSPS) is 11.1. The van der Waals surface area contributed by atoms with E-state index < -0.39 is 7.14 Å². The van der Waals surface area contributed by atoms with Gasteiger partial charge in [-0.15, -0.1) is 0 Å². The van der Waals surface area contributed by atoms with Gasteiger partial charge >= 0.3 is 0 Å². The molecule has 0 radical (unpaired) electrons. The molecule has 3 nitrogen and oxygen atoms in total. The predicted octanol–water partition coefficient (Wildman–Crippen LogP) is 5.61. The fourth-order valence-electron chi connectivity index (χ4n) is 3.80. The molecule has 0 aliphatic rings. The number of ether oxygens (including phenoxy) is 2. The van der Waals surface area contributed by atoms with Crippen LogP contribution in [0, 0.1) is 0 Å². The van der Waals surface area contributed by atoms with E-state index in [1.165, 1.54) is 0 Å². The molecule has 0 N–H and O–H groups in total. The average Bonchev–Trinajstić information content (AvgIpc) is 2.86. The van der Waals surface area contributed by atoms with Gasteiger partial charge in [0.25, 0.3) is 0 Å². The third kappa shape index (κ3) is 4.00. The summed E-state index contributed by atoms with van der Waals surface area (Å²) in [5.41, 5.74) is 0. The van der Waals surface area contributed by atoms with Gasteiger partial charge in [0.2, 0.25) is 0 Å². The van der Waals surface area contributed by atoms with Gasteiger partial charge in [-0.25, -0.2) is 0 Å². The third-order valence-corrected chi connectivity index (χ3v) is 8.28. The van der Waals surface area contributed by atoms with Crippen molar-refractivity contribution < 1.29 is 14.0 Å². The van der Waals surface area contributed by atoms with E-state index in [0.29, 0.717) is 30.0 Å². The van der Waals surface area contributed by atoms with Crippen molar-refractivity contribution in [3.8, 4) is 11.5 Å². The van der Waals surface area contributed by atoms with Crippen molar-refractivity contribution in [1.82, 2.24) is 0 Å². The maximum absolute atomic E-state index is 15.1. The van der Waals surface area contributed by atoms with Gasteiger partial charge < -0.3 is 14.0 Å². The van der Waals surface area contributed by atoms with Crippen molar-refractivity contribution in [3.05, 3.63) is 116 Å². The van der Waals surface area contributed by atoms with Gasteiger partial charge in [-0.2, -0.15) is 0 Å². The van der Waals surface area contributed by atoms with Gasteiger partial charge in [-0.3, -0.25) is 0 Å². The highest BCUT2D eigenvalue weighted by molar-refractivity contribution is 7.85. The van der Waals surface area contributed by atoms with E-state index in [4.69, 9.17) is 9.47 Å². The summed E-state index contributed by atoms with van der Waals surface area (Å²) in [5, 5.41) is 3.82. The smallest absolute Gasteiger partial charge is 0.174 e. The maximum Gasteiger partial charge on any atom is 0.174 e. The summed E-state index contributed by atoms with van der Waals surface area (Å²) in [6, 6.07) is 28.8. The first kappa shape index (κ1) is 21.7. The molecular weight excluding hydrogens is 415 g/mol. The first-order valence-corrected chi connectivity index (χ1v) is 12.2. The standard InChI is InChI=1S/C28H25O3P/c1-3-19-30-26-21-27(28(31-20-4-2)25-18-12-11-17-24(25)26)32(29,22-13-7-5-8-14-22)23-15-9-6-10-16-23/h3-18,21H,1-2,19-20H2. The Labute approximate surface area is 189 Å². The topological polar surface area (TPSA) is 35.5 Å². The molecule has 0 fully saturated rings. The maximum atomic E-state index is 15.1. The Morgan fingerprint density at radius 3 is 1.75 bits per heavy atom. The Morgan fingerprint density at radius 2 is 1.19 bits per heavy atom. The molecule has 0 saturated carbocycles. The zero-order valence-corrected chi connectivity index (χ0v) is 18.7. The van der Waals surface area contributed by atoms with Crippen molar-refractivity contribution in [1.29, 1.82) is 0 Å². The summed E-state index contributed by atoms with van der Waals surface area (Å²) in [7, 11) is -3.28. The van der Waals surface area contributed by atoms with Gasteiger partial charge in [0, 0.05) is 21.4 Å². The molecule has 0 aliphatic carbocycles. The Kier molecular flexibility index (Phi) is 6.58. The first-order valence-electron chi connectivity index (χ1n) is 10.4. The van der Waals surface area contributed by atoms with Crippen LogP contribution in [0.1, 0.15) is 0 Å². The molecule has 0 amide bonds. The molecule has 0 heterocycles. The second-order valence-corrected chi connectivity index (χ2v) is 9.98. The van der Waals surface area contributed by atoms with Crippen molar-refractivity contribution >= 4 is 33.8 Å². The highest BCUT2D eigenvalue weighted by Gasteiger charge is 2.34. The van der Waals surface area contributed by atoms with E-state index in [-0.39, 0.29) is 0 Å². The molecule has 0 spiro atoms. The fraction of sp³-hybridized carbons (Fsp3) is 0.0714. The lowest BCUT2D eigenvalue weighted by Gasteiger charge is -2.25. The summed E-state index contributed by atoms with van der Waals surface area (Å²) in [6.07, 6.45) is 3.39. The largest absolute Gasteiger partial charge is 0.489 e. The van der Waals surface area contributed by atoms with Crippen LogP contribution < -0.4 is 25.4 Å². The lowest BCUT2D eigenvalue weighted by atomic mass is 10.1. The van der Waals surface area contributed by atoms with Gasteiger partial charge in [-0.1, -0.05) is 110 Å². The van der Waals surface area contributed by atoms with Crippen LogP contribution in [0.3, 0.4) is 0 Å². The molecule has 0 aliphatic heterocycles. The minimum absolute atomic E-state index is 0.299. The van der Waals surface area contributed by atoms with E-state index in [2.05, 4.69) is 13.2 Å². The zero-order chi connectivity index (χ0) is 22.4. The molecule has 4 rings (SSSR count). The molecule has 0 unspecified atom stereocenters. The van der Waals surface area contributed by atoms with Crippen LogP contribution in [0.5, 0.6) is 11.5 Å². The Hall–Kier alpha value is -3.55. The van der Waals surface area contributed by atoms with Gasteiger partial charge in [0.05, 0.1) is 5.30 Å². The third-order valence-electron chi connectivity index (χ3n) is 5.22. The van der Waals surface area contributed by atoms with Crippen LogP contribution in [0.2, 0.25) is 0 Å². The second-order valence-electron chi connectivity index (χ2n) is 7.25. The van der Waals surface area contributed by atoms with Crippen molar-refractivity contribution in [2.24, 2.45) is 0 Å². The molecule has 160 valence electrons. The number of rotatable bonds is 9. The lowest BCUT2D eigenvalue weighted by Crippen LogP contribution is -2.27. The molecule has 4 heteroatoms. The molecule has 0 aromatic heterocycles. The molecule has 0 bridgehead atoms. The zero-order valence-electron chi connectivity index (χ0n) is 17.8. The molecule has 4 aromatic rings. The fourth-order valence-corrected chi connectivity index (χ4v) is 6.61. The molecule has 32 heavy (non-hydrogen) atoms. The Bertz CT molecular complexity index is 1240. The van der Waals surface area contributed by atoms with E-state index in [1.807, 2.05) is 91.0 Å². The predicted molar refractivity (Wildman–Crippen MR) is 135 cm³/mol. The molecular formula is C28H25O3P. The Morgan fingerprint density at radius 1 is 0.688 bits per heavy atom. The molecule has 4 aromatic carbocycles. The van der Waals surface area contributed by atoms with Crippen molar-refractivity contribution in [2.75, 3.05) is 13.2 Å². The van der Waals surface area contributed by atoms with Crippen LogP contribution in [0.15, 0.2) is 116 Å². The van der Waals surface area contributed by atoms with Crippen molar-refractivity contribution in [2.45, 2.75) is 0 Å². The molecule has 0 atom stereocenters. The van der Waals surface area contributed by atoms with Gasteiger partial charge in [-0.05, 0) is 6.07 Å². The Balaban J connectivity index is 2.10. The summed E-state index contributed by atoms with van der Waals surface area (Å²) in [4.78, 5) is 0. The number of hydrogen-bond donors (Lipinski definition) is 0. The van der Waals surface area contributed by atoms with E-state index in [0.717, 1.165) is 21.4 Å². The van der Waals surface area contributed by atoms with Crippen LogP contribution in [-0.4, -0.2) is 13.2 Å². The van der Waals surface area contributed by atoms with E-state index >= 15 is 4.57 Å². The van der Waals surface area contributed by atoms with E-state index in [9.17, 15) is 0 Å². The van der Waals surface area contributed by atoms with Crippen LogP contribution >= 0.6 is 7.14 Å². The minimum atomic E-state index is -3.28. The summed E-state index contributed by atoms with van der Waals surface area (Å²) in [6.45, 7) is 8.20. The summed E-state index contributed by atoms with van der Waals surface area (Å²) in [5.74, 6) is 1.23. The van der Waals surface area contributed by atoms with Crippen LogP contribution in [-0.2, 0) is 4.57 Å². The second kappa shape index (κ2) is 9.72. The van der Waals surface area contributed by atoms with Gasteiger partial charge in [0.15, 0.2) is 7.14 Å². The summed E-state index contributed by atoms with van der Waals surface area (Å²) >= 11 is 0. The van der Waals surface area contributed by atoms with E-state index in [1.54, 1.807) is 12.2 Å². The SMILES string of the molecule is C=CCOc1cc(P(=O)(c2ccccc2)c2ccccc2)c(OCC=C)c2ccccc12. The highest BCUT2D eigenvalue weighted by Crippen LogP contribution is 2.48. The average molecular weight is 440 g/mol. The number of fused-ring (bicyclic) bond motifs is 1. The number of benzene rings is 4. The minimum Gasteiger partial charge on any atom is -0.489 e. The van der Waals surface area contributed by atoms with Crippen molar-refractivity contribution in [3.63, 3.8) is 0 Å². The number of hydrogen-bond acceptors (Lipinski definition) is 3. The lowest BCUT2D eigenvalue weighted by molar-refractivity contribution is 0.361. The first-order chi connectivity index (χ1) is 15.7. The van der Waals surface area contributed by atoms with Crippen LogP contribution in [0.25, 0.3) is 10.8 Å². The van der Waals surface area contributed by atoms with Gasteiger partial charge in [0.1, 0.15) is 24.7 Å². The van der Waals surface area contributed by atoms with Crippen LogP contribution in [0.4, 0.5) is 0 Å². The summed E-state index contributed by atoms with van der Waals surface area (Å²) < 4.78 is 27.3. The monoisotopic (exact) mass is 440 g/mol.